The quantitative estimate of drug-likeness (QED) is 0.168. The highest BCUT2D eigenvalue weighted by Crippen LogP contribution is 2.64. The van der Waals surface area contributed by atoms with E-state index in [2.05, 4.69) is 23.1 Å². The summed E-state index contributed by atoms with van der Waals surface area (Å²) in [5.74, 6) is -3.25. The Bertz CT molecular complexity index is 2200. The molecule has 0 bridgehead atoms. The Labute approximate surface area is 316 Å². The fourth-order valence-electron chi connectivity index (χ4n) is 10.7. The lowest BCUT2D eigenvalue weighted by molar-refractivity contribution is -0.144. The standard InChI is InChI=1S/C47H44N2O5/c1-29-25-32(17-20-40(29)50)43-35-18-19-36-42(46(54)49(45(36)53)34-21-23-48(24-22-34)28-30-11-5-2-6-12-30)38(35)26-39-44(52)37(31-13-7-3-8-14-31)27-41(51)47(39,43)33-15-9-4-10-16-33/h2-18,20,25,27,34,36,38-39,42-43,50H,19,21-24,26,28H2,1H3. The van der Waals surface area contributed by atoms with Crippen LogP contribution in [0.15, 0.2) is 127 Å². The summed E-state index contributed by atoms with van der Waals surface area (Å²) in [4.78, 5) is 63.5. The Kier molecular flexibility index (Phi) is 8.57. The molecule has 3 aliphatic carbocycles. The minimum Gasteiger partial charge on any atom is -0.508 e. The molecule has 54 heavy (non-hydrogen) atoms. The summed E-state index contributed by atoms with van der Waals surface area (Å²) in [7, 11) is 0. The summed E-state index contributed by atoms with van der Waals surface area (Å²) in [5.41, 5.74) is 4.21. The minimum atomic E-state index is -1.29. The van der Waals surface area contributed by atoms with E-state index in [4.69, 9.17) is 0 Å². The molecule has 0 radical (unpaired) electrons. The summed E-state index contributed by atoms with van der Waals surface area (Å²) < 4.78 is 0. The predicted octanol–water partition coefficient (Wildman–Crippen LogP) is 7.19. The number of fused-ring (bicyclic) bond motifs is 4. The Morgan fingerprint density at radius 2 is 1.44 bits per heavy atom. The fourth-order valence-corrected chi connectivity index (χ4v) is 10.7. The smallest absolute Gasteiger partial charge is 0.233 e. The van der Waals surface area contributed by atoms with Gasteiger partial charge in [0, 0.05) is 43.1 Å². The number of hydrogen-bond donors (Lipinski definition) is 1. The van der Waals surface area contributed by atoms with Crippen molar-refractivity contribution in [3.8, 4) is 5.75 Å². The van der Waals surface area contributed by atoms with Crippen molar-refractivity contribution < 1.29 is 24.3 Å². The van der Waals surface area contributed by atoms with Crippen LogP contribution in [0.3, 0.4) is 0 Å². The van der Waals surface area contributed by atoms with Crippen LogP contribution in [-0.2, 0) is 31.1 Å². The van der Waals surface area contributed by atoms with E-state index in [1.54, 1.807) is 17.0 Å². The van der Waals surface area contributed by atoms with E-state index in [0.29, 0.717) is 23.1 Å². The van der Waals surface area contributed by atoms with E-state index in [-0.39, 0.29) is 41.6 Å². The second kappa shape index (κ2) is 13.5. The van der Waals surface area contributed by atoms with E-state index < -0.39 is 35.0 Å². The molecule has 272 valence electrons. The van der Waals surface area contributed by atoms with Crippen molar-refractivity contribution in [3.05, 3.63) is 155 Å². The van der Waals surface area contributed by atoms with Crippen molar-refractivity contribution in [2.24, 2.45) is 23.7 Å². The molecule has 1 saturated carbocycles. The molecule has 1 N–H and O–H groups in total. The first-order valence-electron chi connectivity index (χ1n) is 19.3. The zero-order valence-electron chi connectivity index (χ0n) is 30.4. The van der Waals surface area contributed by atoms with Gasteiger partial charge in [-0.15, -0.1) is 0 Å². The average molecular weight is 717 g/mol. The molecule has 4 aromatic carbocycles. The number of likely N-dealkylation sites (tertiary alicyclic amines) is 2. The van der Waals surface area contributed by atoms with Crippen molar-refractivity contribution in [3.63, 3.8) is 0 Å². The molecule has 7 nitrogen and oxygen atoms in total. The maximum atomic E-state index is 15.2. The van der Waals surface area contributed by atoms with Crippen LogP contribution < -0.4 is 0 Å². The first kappa shape index (κ1) is 34.4. The number of allylic oxidation sites excluding steroid dienone is 4. The zero-order chi connectivity index (χ0) is 37.1. The number of carbonyl (C=O) groups is 4. The number of amides is 2. The number of phenols is 1. The average Bonchev–Trinajstić information content (AvgIpc) is 3.46. The Morgan fingerprint density at radius 1 is 0.778 bits per heavy atom. The van der Waals surface area contributed by atoms with E-state index in [9.17, 15) is 14.7 Å². The van der Waals surface area contributed by atoms with Crippen LogP contribution >= 0.6 is 0 Å². The molecule has 6 unspecified atom stereocenters. The minimum absolute atomic E-state index is 0.102. The van der Waals surface area contributed by atoms with Crippen LogP contribution in [0.25, 0.3) is 5.57 Å². The Morgan fingerprint density at radius 3 is 2.13 bits per heavy atom. The number of Topliss-reactive ketones (excluding diaryl/α,β-unsaturated/α-hetero) is 1. The van der Waals surface area contributed by atoms with Gasteiger partial charge in [0.05, 0.1) is 17.3 Å². The van der Waals surface area contributed by atoms with Gasteiger partial charge < -0.3 is 5.11 Å². The van der Waals surface area contributed by atoms with Gasteiger partial charge in [-0.2, -0.15) is 0 Å². The molecule has 3 fully saturated rings. The summed E-state index contributed by atoms with van der Waals surface area (Å²) >= 11 is 0. The van der Waals surface area contributed by atoms with Crippen molar-refractivity contribution in [2.45, 2.75) is 56.5 Å². The van der Waals surface area contributed by atoms with Crippen molar-refractivity contribution in [1.29, 1.82) is 0 Å². The Balaban J connectivity index is 1.13. The first-order valence-corrected chi connectivity index (χ1v) is 19.3. The number of nitrogens with zero attached hydrogens (tertiary/aromatic N) is 2. The van der Waals surface area contributed by atoms with Gasteiger partial charge in [-0.05, 0) is 78.5 Å². The van der Waals surface area contributed by atoms with Crippen molar-refractivity contribution >= 4 is 29.0 Å². The molecule has 0 spiro atoms. The molecule has 0 aromatic heterocycles. The van der Waals surface area contributed by atoms with Gasteiger partial charge >= 0.3 is 0 Å². The molecule has 5 aliphatic rings. The van der Waals surface area contributed by atoms with E-state index in [1.807, 2.05) is 97.9 Å². The lowest BCUT2D eigenvalue weighted by Crippen LogP contribution is -2.58. The number of ketones is 2. The molecular formula is C47H44N2O5. The third-order valence-corrected chi connectivity index (χ3v) is 13.1. The number of imide groups is 1. The van der Waals surface area contributed by atoms with Crippen LogP contribution in [-0.4, -0.2) is 57.4 Å². The number of piperidine rings is 1. The summed E-state index contributed by atoms with van der Waals surface area (Å²) in [6.45, 7) is 4.27. The van der Waals surface area contributed by atoms with Gasteiger partial charge in [0.2, 0.25) is 11.8 Å². The van der Waals surface area contributed by atoms with E-state index in [0.717, 1.165) is 49.2 Å². The summed E-state index contributed by atoms with van der Waals surface area (Å²) in [5, 5.41) is 10.6. The third-order valence-electron chi connectivity index (χ3n) is 13.1. The second-order valence-electron chi connectivity index (χ2n) is 15.9. The van der Waals surface area contributed by atoms with Crippen LogP contribution in [0.4, 0.5) is 0 Å². The van der Waals surface area contributed by atoms with Gasteiger partial charge in [-0.3, -0.25) is 29.0 Å². The van der Waals surface area contributed by atoms with Gasteiger partial charge in [0.25, 0.3) is 0 Å². The Hall–Kier alpha value is -5.40. The lowest BCUT2D eigenvalue weighted by Gasteiger charge is -2.55. The largest absolute Gasteiger partial charge is 0.508 e. The first-order chi connectivity index (χ1) is 26.3. The van der Waals surface area contributed by atoms with Crippen LogP contribution in [0.2, 0.25) is 0 Å². The number of carbonyl (C=O) groups excluding carboxylic acids is 4. The van der Waals surface area contributed by atoms with Gasteiger partial charge in [-0.1, -0.05) is 115 Å². The summed E-state index contributed by atoms with van der Waals surface area (Å²) in [6.07, 6.45) is 5.80. The molecule has 2 saturated heterocycles. The second-order valence-corrected chi connectivity index (χ2v) is 15.9. The van der Waals surface area contributed by atoms with Crippen LogP contribution in [0.1, 0.15) is 59.4 Å². The fraction of sp³-hybridized carbons (Fsp3) is 0.319. The highest BCUT2D eigenvalue weighted by molar-refractivity contribution is 6.31. The molecule has 4 aromatic rings. The highest BCUT2D eigenvalue weighted by Gasteiger charge is 2.66. The molecular weight excluding hydrogens is 673 g/mol. The predicted molar refractivity (Wildman–Crippen MR) is 206 cm³/mol. The number of aryl methyl sites for hydroxylation is 1. The van der Waals surface area contributed by atoms with Gasteiger partial charge in [0.15, 0.2) is 11.6 Å². The molecule has 2 amide bonds. The summed E-state index contributed by atoms with van der Waals surface area (Å²) in [6, 6.07) is 34.6. The lowest BCUT2D eigenvalue weighted by atomic mass is 9.44. The number of benzene rings is 4. The number of hydrogen-bond acceptors (Lipinski definition) is 6. The maximum absolute atomic E-state index is 15.2. The van der Waals surface area contributed by atoms with Gasteiger partial charge in [-0.25, -0.2) is 0 Å². The van der Waals surface area contributed by atoms with E-state index in [1.165, 1.54) is 5.56 Å². The molecule has 6 atom stereocenters. The number of phenolic OH excluding ortho intramolecular Hbond substituents is 1. The van der Waals surface area contributed by atoms with Gasteiger partial charge in [0.1, 0.15) is 5.75 Å². The van der Waals surface area contributed by atoms with Crippen molar-refractivity contribution in [2.75, 3.05) is 13.1 Å². The SMILES string of the molecule is Cc1cc(C2C3=CCC4C(=O)N(C5CCN(Cc6ccccc6)CC5)C(=O)C4C3CC3C(=O)C(c4ccccc4)=CC(=O)C32c2ccccc2)ccc1O. The number of rotatable bonds is 6. The molecule has 2 aliphatic heterocycles. The topological polar surface area (TPSA) is 95.0 Å². The third kappa shape index (κ3) is 5.35. The maximum Gasteiger partial charge on any atom is 0.233 e. The van der Waals surface area contributed by atoms with Crippen LogP contribution in [0, 0.1) is 30.6 Å². The monoisotopic (exact) mass is 716 g/mol. The highest BCUT2D eigenvalue weighted by atomic mass is 16.3. The number of aromatic hydroxyl groups is 1. The van der Waals surface area contributed by atoms with Crippen LogP contribution in [0.5, 0.6) is 5.75 Å². The normalized spacial score (nSPS) is 28.6. The molecule has 2 heterocycles. The molecule has 7 heteroatoms. The van der Waals surface area contributed by atoms with E-state index >= 15 is 9.59 Å². The zero-order valence-corrected chi connectivity index (χ0v) is 30.4. The molecule has 9 rings (SSSR count). The van der Waals surface area contributed by atoms with Crippen molar-refractivity contribution in [1.82, 2.24) is 9.80 Å².